The summed E-state index contributed by atoms with van der Waals surface area (Å²) < 4.78 is 0. The molecule has 0 fully saturated rings. The molecule has 0 rings (SSSR count). The number of primary amides is 1. The number of nitrogens with two attached hydrogens (primary N) is 1. The zero-order valence-electron chi connectivity index (χ0n) is 6.88. The second kappa shape index (κ2) is 5.89. The van der Waals surface area contributed by atoms with Gasteiger partial charge in [0.15, 0.2) is 0 Å². The van der Waals surface area contributed by atoms with E-state index in [1.807, 2.05) is 6.92 Å². The molecule has 0 saturated heterocycles. The molecule has 0 aliphatic heterocycles. The van der Waals surface area contributed by atoms with E-state index < -0.39 is 0 Å². The van der Waals surface area contributed by atoms with Gasteiger partial charge in [0.05, 0.1) is 0 Å². The average Bonchev–Trinajstić information content (AvgIpc) is 1.97. The van der Waals surface area contributed by atoms with Crippen molar-refractivity contribution in [3.63, 3.8) is 0 Å². The lowest BCUT2D eigenvalue weighted by Crippen LogP contribution is -2.23. The molecule has 0 spiro atoms. The lowest BCUT2D eigenvalue weighted by Gasteiger charge is -2.08. The highest BCUT2D eigenvalue weighted by atomic mass is 16.1. The Bertz CT molecular complexity index is 134. The monoisotopic (exact) mass is 157 g/mol. The van der Waals surface area contributed by atoms with Crippen molar-refractivity contribution in [1.29, 1.82) is 0 Å². The molecular formula is C8H15NO2. The number of hydrogen-bond acceptors (Lipinski definition) is 2. The lowest BCUT2D eigenvalue weighted by molar-refractivity contribution is -0.122. The molecule has 2 N–H and O–H groups in total. The fourth-order valence-electron chi connectivity index (χ4n) is 1.05. The smallest absolute Gasteiger partial charge is 0.220 e. The summed E-state index contributed by atoms with van der Waals surface area (Å²) >= 11 is 0. The van der Waals surface area contributed by atoms with E-state index in [2.05, 4.69) is 0 Å². The van der Waals surface area contributed by atoms with Gasteiger partial charge in [0.1, 0.15) is 6.29 Å². The normalized spacial score (nSPS) is 12.5. The molecule has 1 unspecified atom stereocenters. The Balaban J connectivity index is 3.68. The molecule has 0 aromatic carbocycles. The van der Waals surface area contributed by atoms with Crippen molar-refractivity contribution in [1.82, 2.24) is 0 Å². The van der Waals surface area contributed by atoms with Gasteiger partial charge in [0.2, 0.25) is 5.91 Å². The number of hydrogen-bond donors (Lipinski definition) is 1. The molecule has 1 atom stereocenters. The van der Waals surface area contributed by atoms with Gasteiger partial charge in [-0.1, -0.05) is 13.3 Å². The molecule has 3 heteroatoms. The van der Waals surface area contributed by atoms with Crippen LogP contribution in [-0.2, 0) is 9.59 Å². The van der Waals surface area contributed by atoms with Crippen LogP contribution in [0.25, 0.3) is 0 Å². The average molecular weight is 157 g/mol. The Morgan fingerprint density at radius 1 is 1.55 bits per heavy atom. The summed E-state index contributed by atoms with van der Waals surface area (Å²) in [6, 6.07) is 0. The Hall–Kier alpha value is -0.860. The van der Waals surface area contributed by atoms with Crippen LogP contribution in [0.1, 0.15) is 32.6 Å². The topological polar surface area (TPSA) is 60.2 Å². The first-order valence-electron chi connectivity index (χ1n) is 3.95. The molecular weight excluding hydrogens is 142 g/mol. The van der Waals surface area contributed by atoms with Crippen LogP contribution < -0.4 is 5.73 Å². The molecule has 0 saturated carbocycles. The highest BCUT2D eigenvalue weighted by Gasteiger charge is 2.12. The van der Waals surface area contributed by atoms with Gasteiger partial charge < -0.3 is 10.5 Å². The number of aldehydes is 1. The van der Waals surface area contributed by atoms with E-state index in [1.54, 1.807) is 0 Å². The quantitative estimate of drug-likeness (QED) is 0.581. The standard InChI is InChI=1S/C8H15NO2/c1-2-4-7(8(9)11)5-3-6-10/h6-7H,2-5H2,1H3,(H2,9,11). The van der Waals surface area contributed by atoms with Crippen molar-refractivity contribution in [2.45, 2.75) is 32.6 Å². The summed E-state index contributed by atoms with van der Waals surface area (Å²) in [5.41, 5.74) is 5.11. The Morgan fingerprint density at radius 3 is 2.55 bits per heavy atom. The highest BCUT2D eigenvalue weighted by Crippen LogP contribution is 2.11. The van der Waals surface area contributed by atoms with Gasteiger partial charge in [0.25, 0.3) is 0 Å². The predicted octanol–water partition coefficient (Wildman–Crippen LogP) is 0.867. The summed E-state index contributed by atoms with van der Waals surface area (Å²) in [7, 11) is 0. The second-order valence-corrected chi connectivity index (χ2v) is 2.63. The van der Waals surface area contributed by atoms with Crippen molar-refractivity contribution in [2.24, 2.45) is 11.7 Å². The number of amides is 1. The Kier molecular flexibility index (Phi) is 5.43. The summed E-state index contributed by atoms with van der Waals surface area (Å²) in [4.78, 5) is 20.7. The van der Waals surface area contributed by atoms with Crippen LogP contribution in [0.4, 0.5) is 0 Å². The largest absolute Gasteiger partial charge is 0.369 e. The molecule has 0 aliphatic carbocycles. The second-order valence-electron chi connectivity index (χ2n) is 2.63. The summed E-state index contributed by atoms with van der Waals surface area (Å²) in [5, 5.41) is 0. The minimum absolute atomic E-state index is 0.106. The van der Waals surface area contributed by atoms with E-state index in [4.69, 9.17) is 5.73 Å². The first-order valence-corrected chi connectivity index (χ1v) is 3.95. The van der Waals surface area contributed by atoms with Crippen molar-refractivity contribution < 1.29 is 9.59 Å². The zero-order chi connectivity index (χ0) is 8.69. The third-order valence-corrected chi connectivity index (χ3v) is 1.67. The van der Waals surface area contributed by atoms with E-state index in [0.717, 1.165) is 19.1 Å². The van der Waals surface area contributed by atoms with Crippen molar-refractivity contribution in [3.05, 3.63) is 0 Å². The van der Waals surface area contributed by atoms with Gasteiger partial charge in [-0.15, -0.1) is 0 Å². The van der Waals surface area contributed by atoms with Crippen LogP contribution in [0.2, 0.25) is 0 Å². The van der Waals surface area contributed by atoms with E-state index >= 15 is 0 Å². The minimum atomic E-state index is -0.284. The fraction of sp³-hybridized carbons (Fsp3) is 0.750. The third-order valence-electron chi connectivity index (χ3n) is 1.67. The summed E-state index contributed by atoms with van der Waals surface area (Å²) in [5.74, 6) is -0.390. The maximum absolute atomic E-state index is 10.7. The van der Waals surface area contributed by atoms with E-state index in [0.29, 0.717) is 12.8 Å². The van der Waals surface area contributed by atoms with E-state index in [9.17, 15) is 9.59 Å². The van der Waals surface area contributed by atoms with Gasteiger partial charge in [-0.05, 0) is 12.8 Å². The maximum atomic E-state index is 10.7. The molecule has 64 valence electrons. The third kappa shape index (κ3) is 4.53. The number of carbonyl (C=O) groups excluding carboxylic acids is 2. The SMILES string of the molecule is CCCC(CCC=O)C(N)=O. The minimum Gasteiger partial charge on any atom is -0.369 e. The predicted molar refractivity (Wildman–Crippen MR) is 42.9 cm³/mol. The Morgan fingerprint density at radius 2 is 2.18 bits per heavy atom. The summed E-state index contributed by atoms with van der Waals surface area (Å²) in [6.45, 7) is 2.00. The Labute approximate surface area is 67.0 Å². The molecule has 0 bridgehead atoms. The van der Waals surface area contributed by atoms with Crippen molar-refractivity contribution in [3.8, 4) is 0 Å². The molecule has 0 aromatic rings. The molecule has 0 aliphatic rings. The maximum Gasteiger partial charge on any atom is 0.220 e. The van der Waals surface area contributed by atoms with Crippen molar-refractivity contribution >= 4 is 12.2 Å². The van der Waals surface area contributed by atoms with Crippen LogP contribution in [0.5, 0.6) is 0 Å². The van der Waals surface area contributed by atoms with Gasteiger partial charge in [-0.2, -0.15) is 0 Å². The van der Waals surface area contributed by atoms with Crippen LogP contribution in [0.3, 0.4) is 0 Å². The zero-order valence-corrected chi connectivity index (χ0v) is 6.88. The van der Waals surface area contributed by atoms with Crippen molar-refractivity contribution in [2.75, 3.05) is 0 Å². The molecule has 3 nitrogen and oxygen atoms in total. The van der Waals surface area contributed by atoms with Crippen LogP contribution in [0.15, 0.2) is 0 Å². The van der Waals surface area contributed by atoms with Gasteiger partial charge in [-0.3, -0.25) is 4.79 Å². The molecule has 0 radical (unpaired) electrons. The van der Waals surface area contributed by atoms with Crippen LogP contribution >= 0.6 is 0 Å². The van der Waals surface area contributed by atoms with Gasteiger partial charge in [-0.25, -0.2) is 0 Å². The fourth-order valence-corrected chi connectivity index (χ4v) is 1.05. The van der Waals surface area contributed by atoms with Gasteiger partial charge >= 0.3 is 0 Å². The molecule has 1 amide bonds. The first-order chi connectivity index (χ1) is 5.22. The van der Waals surface area contributed by atoms with Crippen LogP contribution in [0, 0.1) is 5.92 Å². The lowest BCUT2D eigenvalue weighted by atomic mass is 9.98. The molecule has 0 heterocycles. The first kappa shape index (κ1) is 10.1. The summed E-state index contributed by atoms with van der Waals surface area (Å²) in [6.07, 6.45) is 3.60. The van der Waals surface area contributed by atoms with Crippen LogP contribution in [-0.4, -0.2) is 12.2 Å². The van der Waals surface area contributed by atoms with Gasteiger partial charge in [0, 0.05) is 12.3 Å². The molecule has 11 heavy (non-hydrogen) atoms. The van der Waals surface area contributed by atoms with E-state index in [1.165, 1.54) is 0 Å². The number of rotatable bonds is 6. The molecule has 0 aromatic heterocycles. The van der Waals surface area contributed by atoms with E-state index in [-0.39, 0.29) is 11.8 Å². The highest BCUT2D eigenvalue weighted by molar-refractivity contribution is 5.76. The number of carbonyl (C=O) groups is 2.